The summed E-state index contributed by atoms with van der Waals surface area (Å²) in [6, 6.07) is 9.96. The van der Waals surface area contributed by atoms with Crippen molar-refractivity contribution in [1.82, 2.24) is 35.1 Å². The number of tetrazole rings is 1. The number of hydrogen-bond donors (Lipinski definition) is 1. The molecule has 1 atom stereocenters. The summed E-state index contributed by atoms with van der Waals surface area (Å²) in [5, 5.41) is 14.0. The number of imidazole rings is 1. The van der Waals surface area contributed by atoms with E-state index in [9.17, 15) is 4.79 Å². The van der Waals surface area contributed by atoms with Gasteiger partial charge >= 0.3 is 0 Å². The zero-order valence-corrected chi connectivity index (χ0v) is 14.1. The van der Waals surface area contributed by atoms with Crippen LogP contribution in [0.3, 0.4) is 0 Å². The van der Waals surface area contributed by atoms with Gasteiger partial charge in [-0.15, -0.1) is 5.10 Å². The standard InChI is InChI=1S/C17H21N7O/c1-14-18-9-12-23(14)10-7-16(15-5-3-2-4-6-15)20-17(25)8-11-24-13-19-21-22-24/h2-6,9,12-13,16H,7-8,10-11H2,1H3,(H,20,25)/t16-/m1/s1. The number of carbonyl (C=O) groups excluding carboxylic acids is 1. The summed E-state index contributed by atoms with van der Waals surface area (Å²) in [5.74, 6) is 0.948. The molecule has 2 aromatic heterocycles. The molecule has 0 saturated heterocycles. The molecule has 0 radical (unpaired) electrons. The molecule has 0 aliphatic heterocycles. The molecular weight excluding hydrogens is 318 g/mol. The van der Waals surface area contributed by atoms with Crippen molar-refractivity contribution in [1.29, 1.82) is 0 Å². The molecule has 3 aromatic rings. The molecule has 0 unspecified atom stereocenters. The van der Waals surface area contributed by atoms with E-state index in [1.165, 1.54) is 6.33 Å². The highest BCUT2D eigenvalue weighted by Crippen LogP contribution is 2.18. The van der Waals surface area contributed by atoms with Gasteiger partial charge < -0.3 is 9.88 Å². The number of rotatable bonds is 8. The molecule has 0 saturated carbocycles. The third-order valence-corrected chi connectivity index (χ3v) is 4.08. The maximum Gasteiger partial charge on any atom is 0.222 e. The Morgan fingerprint density at radius 1 is 1.24 bits per heavy atom. The number of benzene rings is 1. The van der Waals surface area contributed by atoms with Crippen LogP contribution in [-0.4, -0.2) is 35.7 Å². The van der Waals surface area contributed by atoms with Crippen molar-refractivity contribution in [3.63, 3.8) is 0 Å². The van der Waals surface area contributed by atoms with E-state index in [0.29, 0.717) is 13.0 Å². The van der Waals surface area contributed by atoms with Crippen molar-refractivity contribution in [2.24, 2.45) is 0 Å². The fourth-order valence-corrected chi connectivity index (χ4v) is 2.68. The average Bonchev–Trinajstić information content (AvgIpc) is 3.29. The molecule has 2 heterocycles. The lowest BCUT2D eigenvalue weighted by Gasteiger charge is -2.20. The highest BCUT2D eigenvalue weighted by atomic mass is 16.1. The number of carbonyl (C=O) groups is 1. The Hall–Kier alpha value is -3.03. The van der Waals surface area contributed by atoms with Crippen LogP contribution in [0.25, 0.3) is 0 Å². The van der Waals surface area contributed by atoms with Crippen LogP contribution in [-0.2, 0) is 17.9 Å². The Morgan fingerprint density at radius 2 is 2.08 bits per heavy atom. The Balaban J connectivity index is 1.61. The SMILES string of the molecule is Cc1nccn1CC[C@@H](NC(=O)CCn1cnnn1)c1ccccc1. The Labute approximate surface area is 145 Å². The minimum Gasteiger partial charge on any atom is -0.349 e. The predicted molar refractivity (Wildman–Crippen MR) is 91.3 cm³/mol. The molecule has 25 heavy (non-hydrogen) atoms. The normalized spacial score (nSPS) is 12.0. The molecule has 1 amide bonds. The minimum absolute atomic E-state index is 0.0216. The van der Waals surface area contributed by atoms with Gasteiger partial charge in [-0.25, -0.2) is 9.67 Å². The molecule has 8 heteroatoms. The van der Waals surface area contributed by atoms with E-state index >= 15 is 0 Å². The van der Waals surface area contributed by atoms with Gasteiger partial charge in [0.1, 0.15) is 12.2 Å². The zero-order valence-electron chi connectivity index (χ0n) is 14.1. The summed E-state index contributed by atoms with van der Waals surface area (Å²) >= 11 is 0. The minimum atomic E-state index is -0.0515. The van der Waals surface area contributed by atoms with Crippen molar-refractivity contribution in [2.75, 3.05) is 0 Å². The second-order valence-electron chi connectivity index (χ2n) is 5.81. The van der Waals surface area contributed by atoms with Crippen molar-refractivity contribution in [3.05, 3.63) is 60.4 Å². The summed E-state index contributed by atoms with van der Waals surface area (Å²) in [6.07, 6.45) is 6.37. The average molecular weight is 339 g/mol. The monoisotopic (exact) mass is 339 g/mol. The second kappa shape index (κ2) is 8.18. The molecule has 0 aliphatic carbocycles. The van der Waals surface area contributed by atoms with E-state index in [0.717, 1.165) is 24.4 Å². The highest BCUT2D eigenvalue weighted by Gasteiger charge is 2.15. The lowest BCUT2D eigenvalue weighted by atomic mass is 10.0. The van der Waals surface area contributed by atoms with Gasteiger partial charge in [0.05, 0.1) is 12.6 Å². The molecule has 0 aliphatic rings. The summed E-state index contributed by atoms with van der Waals surface area (Å²) in [7, 11) is 0. The molecule has 1 N–H and O–H groups in total. The van der Waals surface area contributed by atoms with Gasteiger partial charge in [-0.3, -0.25) is 4.79 Å². The summed E-state index contributed by atoms with van der Waals surface area (Å²) < 4.78 is 3.63. The molecular formula is C17H21N7O. The van der Waals surface area contributed by atoms with Crippen molar-refractivity contribution in [2.45, 2.75) is 38.9 Å². The van der Waals surface area contributed by atoms with Crippen molar-refractivity contribution >= 4 is 5.91 Å². The third kappa shape index (κ3) is 4.72. The first kappa shape index (κ1) is 16.8. The van der Waals surface area contributed by atoms with Crippen LogP contribution in [0.2, 0.25) is 0 Å². The number of nitrogens with zero attached hydrogens (tertiary/aromatic N) is 6. The van der Waals surface area contributed by atoms with E-state index < -0.39 is 0 Å². The van der Waals surface area contributed by atoms with Crippen LogP contribution >= 0.6 is 0 Å². The number of amides is 1. The summed E-state index contributed by atoms with van der Waals surface area (Å²) in [4.78, 5) is 16.6. The highest BCUT2D eigenvalue weighted by molar-refractivity contribution is 5.76. The van der Waals surface area contributed by atoms with Crippen LogP contribution in [0.4, 0.5) is 0 Å². The van der Waals surface area contributed by atoms with Gasteiger partial charge in [-0.2, -0.15) is 0 Å². The zero-order chi connectivity index (χ0) is 17.5. The third-order valence-electron chi connectivity index (χ3n) is 4.08. The lowest BCUT2D eigenvalue weighted by molar-refractivity contribution is -0.122. The smallest absolute Gasteiger partial charge is 0.222 e. The number of nitrogens with one attached hydrogen (secondary N) is 1. The van der Waals surface area contributed by atoms with Gasteiger partial charge in [0.2, 0.25) is 5.91 Å². The fourth-order valence-electron chi connectivity index (χ4n) is 2.68. The number of aryl methyl sites for hydroxylation is 3. The van der Waals surface area contributed by atoms with E-state index in [-0.39, 0.29) is 11.9 Å². The van der Waals surface area contributed by atoms with Crippen LogP contribution in [0, 0.1) is 6.92 Å². The largest absolute Gasteiger partial charge is 0.349 e. The maximum absolute atomic E-state index is 12.3. The van der Waals surface area contributed by atoms with E-state index in [1.54, 1.807) is 10.9 Å². The van der Waals surface area contributed by atoms with Crippen LogP contribution in [0.5, 0.6) is 0 Å². The second-order valence-corrected chi connectivity index (χ2v) is 5.81. The van der Waals surface area contributed by atoms with E-state index in [2.05, 4.69) is 30.4 Å². The van der Waals surface area contributed by atoms with Crippen molar-refractivity contribution < 1.29 is 4.79 Å². The van der Waals surface area contributed by atoms with Crippen molar-refractivity contribution in [3.8, 4) is 0 Å². The maximum atomic E-state index is 12.3. The summed E-state index contributed by atoms with van der Waals surface area (Å²) in [5.41, 5.74) is 1.09. The Kier molecular flexibility index (Phi) is 5.50. The molecule has 0 spiro atoms. The van der Waals surface area contributed by atoms with Crippen LogP contribution < -0.4 is 5.32 Å². The van der Waals surface area contributed by atoms with Crippen LogP contribution in [0.15, 0.2) is 49.1 Å². The lowest BCUT2D eigenvalue weighted by Crippen LogP contribution is -2.30. The van der Waals surface area contributed by atoms with Gasteiger partial charge in [0, 0.05) is 25.4 Å². The first-order valence-corrected chi connectivity index (χ1v) is 8.25. The van der Waals surface area contributed by atoms with E-state index in [1.807, 2.05) is 43.5 Å². The first-order valence-electron chi connectivity index (χ1n) is 8.25. The molecule has 8 nitrogen and oxygen atoms in total. The molecule has 0 fully saturated rings. The number of aromatic nitrogens is 6. The molecule has 1 aromatic carbocycles. The quantitative estimate of drug-likeness (QED) is 0.672. The molecule has 3 rings (SSSR count). The number of hydrogen-bond acceptors (Lipinski definition) is 5. The first-order chi connectivity index (χ1) is 12.2. The van der Waals surface area contributed by atoms with Gasteiger partial charge in [0.15, 0.2) is 0 Å². The molecule has 130 valence electrons. The fraction of sp³-hybridized carbons (Fsp3) is 0.353. The molecule has 0 bridgehead atoms. The predicted octanol–water partition coefficient (Wildman–Crippen LogP) is 1.52. The van der Waals surface area contributed by atoms with Crippen LogP contribution in [0.1, 0.15) is 30.3 Å². The summed E-state index contributed by atoms with van der Waals surface area (Å²) in [6.45, 7) is 3.22. The topological polar surface area (TPSA) is 90.5 Å². The van der Waals surface area contributed by atoms with Gasteiger partial charge in [-0.05, 0) is 29.3 Å². The van der Waals surface area contributed by atoms with E-state index in [4.69, 9.17) is 0 Å². The van der Waals surface area contributed by atoms with Gasteiger partial charge in [0.25, 0.3) is 0 Å². The van der Waals surface area contributed by atoms with Gasteiger partial charge in [-0.1, -0.05) is 30.3 Å². The Morgan fingerprint density at radius 3 is 2.76 bits per heavy atom. The Bertz CT molecular complexity index is 782.